The first-order valence-electron chi connectivity index (χ1n) is 7.61. The predicted molar refractivity (Wildman–Crippen MR) is 77.8 cm³/mol. The first-order chi connectivity index (χ1) is 8.63. The van der Waals surface area contributed by atoms with Gasteiger partial charge in [0.05, 0.1) is 6.10 Å². The van der Waals surface area contributed by atoms with Crippen LogP contribution in [0.4, 0.5) is 0 Å². The monoisotopic (exact) mass is 256 g/mol. The van der Waals surface area contributed by atoms with Crippen LogP contribution in [0.5, 0.6) is 0 Å². The number of unbranched alkanes of at least 4 members (excludes halogenated alkanes) is 1. The van der Waals surface area contributed by atoms with Crippen molar-refractivity contribution in [2.45, 2.75) is 64.5 Å². The molecule has 3 nitrogen and oxygen atoms in total. The SMILES string of the molecule is CCCCC(CC)(CN)N1CCC(C)C(OC)C1. The summed E-state index contributed by atoms with van der Waals surface area (Å²) in [5.74, 6) is 0.671. The fourth-order valence-electron chi connectivity index (χ4n) is 3.21. The van der Waals surface area contributed by atoms with Crippen LogP contribution in [0.3, 0.4) is 0 Å². The smallest absolute Gasteiger partial charge is 0.0724 e. The van der Waals surface area contributed by atoms with E-state index in [2.05, 4.69) is 25.7 Å². The first-order valence-corrected chi connectivity index (χ1v) is 7.61. The molecular weight excluding hydrogens is 224 g/mol. The van der Waals surface area contributed by atoms with Crippen LogP contribution >= 0.6 is 0 Å². The molecule has 0 aromatic carbocycles. The van der Waals surface area contributed by atoms with E-state index in [1.807, 2.05) is 7.11 Å². The van der Waals surface area contributed by atoms with Crippen LogP contribution in [0.15, 0.2) is 0 Å². The van der Waals surface area contributed by atoms with Crippen LogP contribution in [-0.2, 0) is 4.74 Å². The number of hydrogen-bond donors (Lipinski definition) is 1. The lowest BCUT2D eigenvalue weighted by molar-refractivity contribution is -0.0487. The summed E-state index contributed by atoms with van der Waals surface area (Å²) in [7, 11) is 1.84. The molecule has 0 saturated carbocycles. The Morgan fingerprint density at radius 3 is 2.61 bits per heavy atom. The van der Waals surface area contributed by atoms with Gasteiger partial charge in [0.15, 0.2) is 0 Å². The van der Waals surface area contributed by atoms with Gasteiger partial charge in [0, 0.05) is 25.7 Å². The second kappa shape index (κ2) is 7.46. The predicted octanol–water partition coefficient (Wildman–Crippen LogP) is 2.64. The Hall–Kier alpha value is -0.120. The minimum Gasteiger partial charge on any atom is -0.380 e. The molecule has 0 aliphatic carbocycles. The largest absolute Gasteiger partial charge is 0.380 e. The highest BCUT2D eigenvalue weighted by atomic mass is 16.5. The Morgan fingerprint density at radius 1 is 1.39 bits per heavy atom. The number of piperidine rings is 1. The van der Waals surface area contributed by atoms with Crippen molar-refractivity contribution in [2.24, 2.45) is 11.7 Å². The van der Waals surface area contributed by atoms with Gasteiger partial charge in [-0.3, -0.25) is 4.90 Å². The molecule has 108 valence electrons. The Morgan fingerprint density at radius 2 is 2.11 bits per heavy atom. The van der Waals surface area contributed by atoms with Crippen molar-refractivity contribution < 1.29 is 4.74 Å². The zero-order chi connectivity index (χ0) is 13.6. The quantitative estimate of drug-likeness (QED) is 0.761. The zero-order valence-electron chi connectivity index (χ0n) is 12.7. The van der Waals surface area contributed by atoms with Gasteiger partial charge in [0.25, 0.3) is 0 Å². The molecule has 1 heterocycles. The Bertz CT molecular complexity index is 229. The number of nitrogens with two attached hydrogens (primary N) is 1. The summed E-state index contributed by atoms with van der Waals surface area (Å²) < 4.78 is 5.64. The number of nitrogens with zero attached hydrogens (tertiary/aromatic N) is 1. The molecule has 3 unspecified atom stereocenters. The molecule has 1 fully saturated rings. The van der Waals surface area contributed by atoms with Crippen molar-refractivity contribution in [1.82, 2.24) is 4.90 Å². The molecule has 0 bridgehead atoms. The van der Waals surface area contributed by atoms with Gasteiger partial charge in [0.2, 0.25) is 0 Å². The highest BCUT2D eigenvalue weighted by molar-refractivity contribution is 4.94. The van der Waals surface area contributed by atoms with Gasteiger partial charge in [-0.15, -0.1) is 0 Å². The Kier molecular flexibility index (Phi) is 6.61. The molecule has 1 rings (SSSR count). The van der Waals surface area contributed by atoms with Gasteiger partial charge in [0.1, 0.15) is 0 Å². The van der Waals surface area contributed by atoms with Crippen molar-refractivity contribution in [3.8, 4) is 0 Å². The van der Waals surface area contributed by atoms with E-state index in [0.717, 1.165) is 19.5 Å². The van der Waals surface area contributed by atoms with E-state index in [1.54, 1.807) is 0 Å². The van der Waals surface area contributed by atoms with Crippen LogP contribution in [0, 0.1) is 5.92 Å². The maximum Gasteiger partial charge on any atom is 0.0724 e. The second-order valence-electron chi connectivity index (χ2n) is 5.87. The molecule has 2 N–H and O–H groups in total. The molecule has 0 amide bonds. The average molecular weight is 256 g/mol. The molecule has 3 heteroatoms. The van der Waals surface area contributed by atoms with Crippen LogP contribution < -0.4 is 5.73 Å². The van der Waals surface area contributed by atoms with Crippen molar-refractivity contribution >= 4 is 0 Å². The number of rotatable bonds is 7. The van der Waals surface area contributed by atoms with E-state index in [1.165, 1.54) is 32.2 Å². The summed E-state index contributed by atoms with van der Waals surface area (Å²) in [6.07, 6.45) is 6.49. The Balaban J connectivity index is 2.73. The minimum absolute atomic E-state index is 0.201. The molecule has 1 aliphatic heterocycles. The first kappa shape index (κ1) is 15.9. The van der Waals surface area contributed by atoms with E-state index in [4.69, 9.17) is 10.5 Å². The van der Waals surface area contributed by atoms with Gasteiger partial charge in [-0.1, -0.05) is 33.6 Å². The van der Waals surface area contributed by atoms with Crippen molar-refractivity contribution in [1.29, 1.82) is 0 Å². The van der Waals surface area contributed by atoms with Crippen LogP contribution in [-0.4, -0.2) is 43.3 Å². The van der Waals surface area contributed by atoms with Crippen molar-refractivity contribution in [3.05, 3.63) is 0 Å². The summed E-state index contributed by atoms with van der Waals surface area (Å²) >= 11 is 0. The zero-order valence-corrected chi connectivity index (χ0v) is 12.7. The van der Waals surface area contributed by atoms with Crippen molar-refractivity contribution in [2.75, 3.05) is 26.7 Å². The van der Waals surface area contributed by atoms with Gasteiger partial charge in [-0.05, 0) is 31.7 Å². The normalized spacial score (nSPS) is 29.2. The number of ether oxygens (including phenoxy) is 1. The lowest BCUT2D eigenvalue weighted by Crippen LogP contribution is -2.59. The molecule has 0 aromatic rings. The Labute approximate surface area is 113 Å². The summed E-state index contributed by atoms with van der Waals surface area (Å²) in [5.41, 5.74) is 6.33. The molecule has 0 aromatic heterocycles. The van der Waals surface area contributed by atoms with E-state index in [0.29, 0.717) is 12.0 Å². The minimum atomic E-state index is 0.201. The lowest BCUT2D eigenvalue weighted by atomic mass is 9.84. The molecule has 1 aliphatic rings. The third-order valence-electron chi connectivity index (χ3n) is 4.90. The molecule has 3 atom stereocenters. The third kappa shape index (κ3) is 3.46. The van der Waals surface area contributed by atoms with Gasteiger partial charge in [-0.2, -0.15) is 0 Å². The second-order valence-corrected chi connectivity index (χ2v) is 5.87. The molecule has 0 radical (unpaired) electrons. The summed E-state index contributed by atoms with van der Waals surface area (Å²) in [4.78, 5) is 2.61. The fraction of sp³-hybridized carbons (Fsp3) is 1.00. The van der Waals surface area contributed by atoms with E-state index < -0.39 is 0 Å². The summed E-state index contributed by atoms with van der Waals surface area (Å²) in [6.45, 7) is 9.83. The molecular formula is C15H32N2O. The van der Waals surface area contributed by atoms with Gasteiger partial charge < -0.3 is 10.5 Å². The lowest BCUT2D eigenvalue weighted by Gasteiger charge is -2.48. The highest BCUT2D eigenvalue weighted by Crippen LogP contribution is 2.31. The van der Waals surface area contributed by atoms with Gasteiger partial charge in [-0.25, -0.2) is 0 Å². The molecule has 18 heavy (non-hydrogen) atoms. The number of methoxy groups -OCH3 is 1. The average Bonchev–Trinajstić information content (AvgIpc) is 2.42. The standard InChI is InChI=1S/C15H32N2O/c1-5-7-9-15(6-2,12-16)17-10-8-13(3)14(11-17)18-4/h13-14H,5-12,16H2,1-4H3. The number of likely N-dealkylation sites (tertiary alicyclic amines) is 1. The topological polar surface area (TPSA) is 38.5 Å². The number of hydrogen-bond acceptors (Lipinski definition) is 3. The van der Waals surface area contributed by atoms with E-state index >= 15 is 0 Å². The van der Waals surface area contributed by atoms with Crippen LogP contribution in [0.2, 0.25) is 0 Å². The molecule has 0 spiro atoms. The van der Waals surface area contributed by atoms with Crippen LogP contribution in [0.25, 0.3) is 0 Å². The van der Waals surface area contributed by atoms with Crippen LogP contribution in [0.1, 0.15) is 52.9 Å². The maximum absolute atomic E-state index is 6.13. The fourth-order valence-corrected chi connectivity index (χ4v) is 3.21. The van der Waals surface area contributed by atoms with Crippen molar-refractivity contribution in [3.63, 3.8) is 0 Å². The third-order valence-corrected chi connectivity index (χ3v) is 4.90. The summed E-state index contributed by atoms with van der Waals surface area (Å²) in [6, 6.07) is 0. The van der Waals surface area contributed by atoms with Gasteiger partial charge >= 0.3 is 0 Å². The maximum atomic E-state index is 6.13. The van der Waals surface area contributed by atoms with E-state index in [9.17, 15) is 0 Å². The molecule has 1 saturated heterocycles. The summed E-state index contributed by atoms with van der Waals surface area (Å²) in [5, 5.41) is 0. The highest BCUT2D eigenvalue weighted by Gasteiger charge is 2.38. The van der Waals surface area contributed by atoms with E-state index in [-0.39, 0.29) is 5.54 Å².